The molecule has 0 aliphatic rings. The SMILES string of the molecule is CCNC(=O)[C@H](Cc1ccccc1)N(Cc1ccc(Cl)cc1)C(=O)COc1ccc(C(C)(C)C)cc1. The van der Waals surface area contributed by atoms with Gasteiger partial charge in [-0.25, -0.2) is 0 Å². The summed E-state index contributed by atoms with van der Waals surface area (Å²) in [4.78, 5) is 28.3. The van der Waals surface area contributed by atoms with Crippen molar-refractivity contribution in [3.05, 3.63) is 101 Å². The maximum absolute atomic E-state index is 13.5. The normalized spacial score (nSPS) is 12.0. The van der Waals surface area contributed by atoms with E-state index in [1.807, 2.05) is 73.7 Å². The molecule has 0 radical (unpaired) electrons. The Bertz CT molecular complexity index is 1120. The summed E-state index contributed by atoms with van der Waals surface area (Å²) in [6.07, 6.45) is 0.395. The van der Waals surface area contributed by atoms with Crippen LogP contribution in [-0.2, 0) is 28.0 Å². The van der Waals surface area contributed by atoms with Crippen LogP contribution in [0, 0.1) is 0 Å². The average molecular weight is 507 g/mol. The van der Waals surface area contributed by atoms with Crippen LogP contribution < -0.4 is 10.1 Å². The number of halogens is 1. The molecule has 3 aromatic carbocycles. The fourth-order valence-corrected chi connectivity index (χ4v) is 4.04. The first kappa shape index (κ1) is 27.3. The predicted molar refractivity (Wildman–Crippen MR) is 145 cm³/mol. The van der Waals surface area contributed by atoms with Crippen LogP contribution in [0.2, 0.25) is 5.02 Å². The molecule has 0 aliphatic heterocycles. The summed E-state index contributed by atoms with van der Waals surface area (Å²) >= 11 is 6.06. The number of ether oxygens (including phenoxy) is 1. The summed E-state index contributed by atoms with van der Waals surface area (Å²) in [7, 11) is 0. The molecule has 2 amide bonds. The third-order valence-corrected chi connectivity index (χ3v) is 6.22. The average Bonchev–Trinajstić information content (AvgIpc) is 2.86. The second-order valence-corrected chi connectivity index (χ2v) is 10.2. The predicted octanol–water partition coefficient (Wildman–Crippen LogP) is 5.79. The van der Waals surface area contributed by atoms with Crippen LogP contribution in [0.3, 0.4) is 0 Å². The smallest absolute Gasteiger partial charge is 0.261 e. The van der Waals surface area contributed by atoms with Gasteiger partial charge in [0.25, 0.3) is 5.91 Å². The van der Waals surface area contributed by atoms with Crippen LogP contribution in [0.5, 0.6) is 5.75 Å². The minimum atomic E-state index is -0.692. The molecule has 0 spiro atoms. The van der Waals surface area contributed by atoms with Gasteiger partial charge in [0.1, 0.15) is 11.8 Å². The van der Waals surface area contributed by atoms with Crippen molar-refractivity contribution in [1.82, 2.24) is 10.2 Å². The zero-order valence-corrected chi connectivity index (χ0v) is 22.2. The highest BCUT2D eigenvalue weighted by Gasteiger charge is 2.30. The Morgan fingerprint density at radius 2 is 1.56 bits per heavy atom. The molecular formula is C30H35ClN2O3. The van der Waals surface area contributed by atoms with Crippen LogP contribution in [0.1, 0.15) is 44.4 Å². The summed E-state index contributed by atoms with van der Waals surface area (Å²) in [6, 6.07) is 24.1. The molecule has 0 aliphatic carbocycles. The summed E-state index contributed by atoms with van der Waals surface area (Å²) in [5.74, 6) is 0.149. The summed E-state index contributed by atoms with van der Waals surface area (Å²) in [5.41, 5.74) is 3.07. The van der Waals surface area contributed by atoms with Gasteiger partial charge in [-0.1, -0.05) is 87.0 Å². The molecule has 36 heavy (non-hydrogen) atoms. The number of rotatable bonds is 10. The number of benzene rings is 3. The lowest BCUT2D eigenvalue weighted by Crippen LogP contribution is -2.51. The summed E-state index contributed by atoms with van der Waals surface area (Å²) < 4.78 is 5.87. The maximum atomic E-state index is 13.5. The zero-order valence-electron chi connectivity index (χ0n) is 21.5. The summed E-state index contributed by atoms with van der Waals surface area (Å²) in [5, 5.41) is 3.51. The Balaban J connectivity index is 1.85. The number of amides is 2. The van der Waals surface area contributed by atoms with Crippen LogP contribution in [-0.4, -0.2) is 35.9 Å². The minimum Gasteiger partial charge on any atom is -0.484 e. The molecule has 0 saturated heterocycles. The molecule has 0 saturated carbocycles. The fourth-order valence-electron chi connectivity index (χ4n) is 3.91. The van der Waals surface area contributed by atoms with Crippen molar-refractivity contribution in [2.24, 2.45) is 0 Å². The van der Waals surface area contributed by atoms with Crippen molar-refractivity contribution in [1.29, 1.82) is 0 Å². The minimum absolute atomic E-state index is 0.0288. The van der Waals surface area contributed by atoms with E-state index in [1.165, 1.54) is 5.56 Å². The Morgan fingerprint density at radius 1 is 0.917 bits per heavy atom. The molecule has 3 aromatic rings. The standard InChI is InChI=1S/C30H35ClN2O3/c1-5-32-29(35)27(19-22-9-7-6-8-10-22)33(20-23-11-15-25(31)16-12-23)28(34)21-36-26-17-13-24(14-18-26)30(2,3)4/h6-18,27H,5,19-21H2,1-4H3,(H,32,35)/t27-/m0/s1. The van der Waals surface area contributed by atoms with Gasteiger partial charge in [-0.3, -0.25) is 9.59 Å². The van der Waals surface area contributed by atoms with Crippen molar-refractivity contribution in [3.8, 4) is 5.75 Å². The summed E-state index contributed by atoms with van der Waals surface area (Å²) in [6.45, 7) is 8.88. The van der Waals surface area contributed by atoms with Gasteiger partial charge in [0.15, 0.2) is 6.61 Å². The highest BCUT2D eigenvalue weighted by Crippen LogP contribution is 2.24. The number of hydrogen-bond donors (Lipinski definition) is 1. The first-order valence-corrected chi connectivity index (χ1v) is 12.6. The molecular weight excluding hydrogens is 472 g/mol. The third-order valence-electron chi connectivity index (χ3n) is 5.97. The van der Waals surface area contributed by atoms with E-state index in [0.717, 1.165) is 11.1 Å². The van der Waals surface area contributed by atoms with Gasteiger partial charge in [-0.2, -0.15) is 0 Å². The van der Waals surface area contributed by atoms with Crippen LogP contribution in [0.4, 0.5) is 0 Å². The largest absolute Gasteiger partial charge is 0.484 e. The number of hydrogen-bond acceptors (Lipinski definition) is 3. The van der Waals surface area contributed by atoms with Crippen molar-refractivity contribution >= 4 is 23.4 Å². The molecule has 3 rings (SSSR count). The molecule has 0 bridgehead atoms. The topological polar surface area (TPSA) is 58.6 Å². The van der Waals surface area contributed by atoms with Crippen molar-refractivity contribution < 1.29 is 14.3 Å². The van der Waals surface area contributed by atoms with E-state index in [-0.39, 0.29) is 30.4 Å². The van der Waals surface area contributed by atoms with Gasteiger partial charge in [0.2, 0.25) is 5.91 Å². The molecule has 5 nitrogen and oxygen atoms in total. The second kappa shape index (κ2) is 12.6. The monoisotopic (exact) mass is 506 g/mol. The lowest BCUT2D eigenvalue weighted by molar-refractivity contribution is -0.142. The molecule has 0 unspecified atom stereocenters. The van der Waals surface area contributed by atoms with Crippen LogP contribution >= 0.6 is 11.6 Å². The van der Waals surface area contributed by atoms with Gasteiger partial charge in [0.05, 0.1) is 0 Å². The van der Waals surface area contributed by atoms with Gasteiger partial charge in [-0.05, 0) is 53.3 Å². The highest BCUT2D eigenvalue weighted by atomic mass is 35.5. The van der Waals surface area contributed by atoms with Gasteiger partial charge in [-0.15, -0.1) is 0 Å². The Hall–Kier alpha value is -3.31. The van der Waals surface area contributed by atoms with E-state index in [9.17, 15) is 9.59 Å². The molecule has 1 atom stereocenters. The number of likely N-dealkylation sites (N-methyl/N-ethyl adjacent to an activating group) is 1. The molecule has 6 heteroatoms. The molecule has 0 aromatic heterocycles. The highest BCUT2D eigenvalue weighted by molar-refractivity contribution is 6.30. The van der Waals surface area contributed by atoms with Crippen molar-refractivity contribution in [2.75, 3.05) is 13.2 Å². The van der Waals surface area contributed by atoms with E-state index in [0.29, 0.717) is 23.7 Å². The van der Waals surface area contributed by atoms with Gasteiger partial charge >= 0.3 is 0 Å². The lowest BCUT2D eigenvalue weighted by atomic mass is 9.87. The van der Waals surface area contributed by atoms with Gasteiger partial charge < -0.3 is 15.0 Å². The van der Waals surface area contributed by atoms with Crippen molar-refractivity contribution in [3.63, 3.8) is 0 Å². The van der Waals surface area contributed by atoms with E-state index in [4.69, 9.17) is 16.3 Å². The Kier molecular flexibility index (Phi) is 9.54. The van der Waals surface area contributed by atoms with E-state index in [2.05, 4.69) is 26.1 Å². The van der Waals surface area contributed by atoms with Crippen molar-refractivity contribution in [2.45, 2.75) is 52.1 Å². The Labute approximate surface area is 219 Å². The number of carbonyl (C=O) groups excluding carboxylic acids is 2. The quantitative estimate of drug-likeness (QED) is 0.378. The fraction of sp³-hybridized carbons (Fsp3) is 0.333. The zero-order chi connectivity index (χ0) is 26.1. The molecule has 190 valence electrons. The molecule has 0 heterocycles. The third kappa shape index (κ3) is 7.85. The van der Waals surface area contributed by atoms with Gasteiger partial charge in [0, 0.05) is 24.5 Å². The lowest BCUT2D eigenvalue weighted by Gasteiger charge is -2.31. The Morgan fingerprint density at radius 3 is 2.14 bits per heavy atom. The van der Waals surface area contributed by atoms with Crippen LogP contribution in [0.25, 0.3) is 0 Å². The number of nitrogens with one attached hydrogen (secondary N) is 1. The number of carbonyl (C=O) groups is 2. The maximum Gasteiger partial charge on any atom is 0.261 e. The molecule has 0 fully saturated rings. The second-order valence-electron chi connectivity index (χ2n) is 9.81. The molecule has 1 N–H and O–H groups in total. The number of nitrogens with zero attached hydrogens (tertiary/aromatic N) is 1. The first-order chi connectivity index (χ1) is 17.2. The van der Waals surface area contributed by atoms with Crippen LogP contribution in [0.15, 0.2) is 78.9 Å². The first-order valence-electron chi connectivity index (χ1n) is 12.3. The van der Waals surface area contributed by atoms with E-state index in [1.54, 1.807) is 17.0 Å². The van der Waals surface area contributed by atoms with E-state index < -0.39 is 6.04 Å². The van der Waals surface area contributed by atoms with E-state index >= 15 is 0 Å².